The zero-order valence-corrected chi connectivity index (χ0v) is 7.18. The second kappa shape index (κ2) is 4.93. The fourth-order valence-corrected chi connectivity index (χ4v) is 1.33. The summed E-state index contributed by atoms with van der Waals surface area (Å²) in [4.78, 5) is 11.0. The average Bonchev–Trinajstić information content (AvgIpc) is 2.04. The fraction of sp³-hybridized carbons (Fsp3) is 0.667. The molecule has 1 rings (SSSR count). The molecule has 1 heterocycles. The van der Waals surface area contributed by atoms with Gasteiger partial charge in [-0.25, -0.2) is 0 Å². The van der Waals surface area contributed by atoms with Crippen LogP contribution < -0.4 is 5.32 Å². The van der Waals surface area contributed by atoms with Crippen LogP contribution in [0.15, 0.2) is 11.6 Å². The molecule has 3 nitrogen and oxygen atoms in total. The van der Waals surface area contributed by atoms with E-state index in [1.54, 1.807) is 6.08 Å². The first kappa shape index (κ1) is 9.26. The van der Waals surface area contributed by atoms with E-state index in [2.05, 4.69) is 5.32 Å². The van der Waals surface area contributed by atoms with Gasteiger partial charge < -0.3 is 10.4 Å². The van der Waals surface area contributed by atoms with Crippen LogP contribution >= 0.6 is 0 Å². The van der Waals surface area contributed by atoms with Gasteiger partial charge in [0.05, 0.1) is 6.61 Å². The Morgan fingerprint density at radius 1 is 1.42 bits per heavy atom. The van der Waals surface area contributed by atoms with E-state index in [4.69, 9.17) is 5.11 Å². The number of nitrogens with one attached hydrogen (secondary N) is 1. The molecule has 3 heteroatoms. The number of aliphatic hydroxyl groups excluding tert-OH is 1. The molecule has 0 radical (unpaired) electrons. The van der Waals surface area contributed by atoms with Crippen molar-refractivity contribution in [2.75, 3.05) is 13.2 Å². The van der Waals surface area contributed by atoms with Gasteiger partial charge in [-0.2, -0.15) is 0 Å². The minimum Gasteiger partial charge on any atom is -0.392 e. The lowest BCUT2D eigenvalue weighted by atomic mass is 10.0. The van der Waals surface area contributed by atoms with Gasteiger partial charge in [0.15, 0.2) is 0 Å². The van der Waals surface area contributed by atoms with E-state index in [1.807, 2.05) is 0 Å². The molecule has 1 aliphatic heterocycles. The second-order valence-corrected chi connectivity index (χ2v) is 3.03. The first-order valence-corrected chi connectivity index (χ1v) is 4.38. The fourth-order valence-electron chi connectivity index (χ4n) is 1.33. The summed E-state index contributed by atoms with van der Waals surface area (Å²) in [5.41, 5.74) is 1.14. The van der Waals surface area contributed by atoms with Crippen LogP contribution in [-0.2, 0) is 4.79 Å². The Morgan fingerprint density at radius 2 is 2.17 bits per heavy atom. The molecule has 2 N–H and O–H groups in total. The number of hydrogen-bond donors (Lipinski definition) is 2. The van der Waals surface area contributed by atoms with E-state index in [0.717, 1.165) is 24.8 Å². The zero-order chi connectivity index (χ0) is 8.81. The predicted molar refractivity (Wildman–Crippen MR) is 46.6 cm³/mol. The maximum atomic E-state index is 11.0. The van der Waals surface area contributed by atoms with E-state index in [0.29, 0.717) is 13.0 Å². The van der Waals surface area contributed by atoms with Crippen molar-refractivity contribution in [1.82, 2.24) is 5.32 Å². The number of hydrogen-bond acceptors (Lipinski definition) is 2. The van der Waals surface area contributed by atoms with Gasteiger partial charge in [-0.05, 0) is 19.3 Å². The van der Waals surface area contributed by atoms with E-state index in [-0.39, 0.29) is 12.5 Å². The third kappa shape index (κ3) is 3.05. The quantitative estimate of drug-likeness (QED) is 0.564. The molecular weight excluding hydrogens is 154 g/mol. The summed E-state index contributed by atoms with van der Waals surface area (Å²) in [6.07, 6.45) is 5.44. The Kier molecular flexibility index (Phi) is 3.80. The second-order valence-electron chi connectivity index (χ2n) is 3.03. The van der Waals surface area contributed by atoms with Crippen molar-refractivity contribution in [1.29, 1.82) is 0 Å². The first-order chi connectivity index (χ1) is 5.83. The highest BCUT2D eigenvalue weighted by Crippen LogP contribution is 2.10. The zero-order valence-electron chi connectivity index (χ0n) is 7.18. The summed E-state index contributed by atoms with van der Waals surface area (Å²) in [5.74, 6) is 0.124. The molecule has 68 valence electrons. The molecule has 0 atom stereocenters. The van der Waals surface area contributed by atoms with E-state index < -0.39 is 0 Å². The van der Waals surface area contributed by atoms with Crippen LogP contribution in [0, 0.1) is 0 Å². The van der Waals surface area contributed by atoms with Gasteiger partial charge in [0.25, 0.3) is 0 Å². The van der Waals surface area contributed by atoms with Crippen LogP contribution in [0.2, 0.25) is 0 Å². The van der Waals surface area contributed by atoms with Gasteiger partial charge >= 0.3 is 0 Å². The molecule has 0 saturated carbocycles. The molecule has 1 fully saturated rings. The molecule has 12 heavy (non-hydrogen) atoms. The van der Waals surface area contributed by atoms with Crippen LogP contribution in [-0.4, -0.2) is 24.2 Å². The lowest BCUT2D eigenvalue weighted by Gasteiger charge is -2.12. The standard InChI is InChI=1S/C9H15NO2/c11-6-5-8-3-1-2-4-9(12)10-7-8/h5,11H,1-4,6-7H2,(H,10,12)/b8-5-. The maximum absolute atomic E-state index is 11.0. The van der Waals surface area contributed by atoms with E-state index in [1.165, 1.54) is 0 Å². The van der Waals surface area contributed by atoms with Gasteiger partial charge in [0, 0.05) is 13.0 Å². The van der Waals surface area contributed by atoms with Crippen molar-refractivity contribution in [3.05, 3.63) is 11.6 Å². The normalized spacial score (nSPS) is 23.1. The minimum atomic E-state index is 0.0746. The molecule has 1 saturated heterocycles. The third-order valence-corrected chi connectivity index (χ3v) is 2.04. The maximum Gasteiger partial charge on any atom is 0.220 e. The summed E-state index contributed by atoms with van der Waals surface area (Å²) in [6.45, 7) is 0.685. The summed E-state index contributed by atoms with van der Waals surface area (Å²) in [6, 6.07) is 0. The number of aliphatic hydroxyl groups is 1. The van der Waals surface area contributed by atoms with E-state index >= 15 is 0 Å². The van der Waals surface area contributed by atoms with Crippen molar-refractivity contribution >= 4 is 5.91 Å². The summed E-state index contributed by atoms with van der Waals surface area (Å²) < 4.78 is 0. The Morgan fingerprint density at radius 3 is 2.92 bits per heavy atom. The molecule has 0 bridgehead atoms. The minimum absolute atomic E-state index is 0.0746. The molecule has 1 amide bonds. The highest BCUT2D eigenvalue weighted by Gasteiger charge is 2.07. The summed E-state index contributed by atoms with van der Waals surface area (Å²) >= 11 is 0. The molecule has 0 aromatic carbocycles. The molecule has 0 aromatic rings. The van der Waals surface area contributed by atoms with Crippen LogP contribution in [0.25, 0.3) is 0 Å². The number of rotatable bonds is 1. The highest BCUT2D eigenvalue weighted by atomic mass is 16.2. The smallest absolute Gasteiger partial charge is 0.220 e. The number of carbonyl (C=O) groups is 1. The largest absolute Gasteiger partial charge is 0.392 e. The SMILES string of the molecule is O=C1CCCC/C(=C/CO)CN1. The Balaban J connectivity index is 2.44. The van der Waals surface area contributed by atoms with Crippen molar-refractivity contribution in [3.8, 4) is 0 Å². The Labute approximate surface area is 72.5 Å². The number of carbonyl (C=O) groups excluding carboxylic acids is 1. The van der Waals surface area contributed by atoms with E-state index in [9.17, 15) is 4.79 Å². The summed E-state index contributed by atoms with van der Waals surface area (Å²) in [7, 11) is 0. The van der Waals surface area contributed by atoms with Crippen LogP contribution in [0.4, 0.5) is 0 Å². The Hall–Kier alpha value is -0.830. The molecule has 0 aliphatic carbocycles. The van der Waals surface area contributed by atoms with Gasteiger partial charge in [0.1, 0.15) is 0 Å². The number of amides is 1. The Bertz CT molecular complexity index is 187. The van der Waals surface area contributed by atoms with Crippen LogP contribution in [0.1, 0.15) is 25.7 Å². The first-order valence-electron chi connectivity index (χ1n) is 4.38. The molecule has 1 aliphatic rings. The molecule has 0 unspecified atom stereocenters. The highest BCUT2D eigenvalue weighted by molar-refractivity contribution is 5.76. The van der Waals surface area contributed by atoms with Gasteiger partial charge in [-0.1, -0.05) is 11.6 Å². The van der Waals surface area contributed by atoms with Gasteiger partial charge in [-0.3, -0.25) is 4.79 Å². The monoisotopic (exact) mass is 169 g/mol. The van der Waals surface area contributed by atoms with Crippen molar-refractivity contribution in [2.45, 2.75) is 25.7 Å². The van der Waals surface area contributed by atoms with Crippen LogP contribution in [0.3, 0.4) is 0 Å². The van der Waals surface area contributed by atoms with Gasteiger partial charge in [-0.15, -0.1) is 0 Å². The molecule has 0 aromatic heterocycles. The van der Waals surface area contributed by atoms with Crippen molar-refractivity contribution < 1.29 is 9.90 Å². The topological polar surface area (TPSA) is 49.3 Å². The average molecular weight is 169 g/mol. The lowest BCUT2D eigenvalue weighted by molar-refractivity contribution is -0.121. The van der Waals surface area contributed by atoms with Gasteiger partial charge in [0.2, 0.25) is 5.91 Å². The third-order valence-electron chi connectivity index (χ3n) is 2.04. The predicted octanol–water partition coefficient (Wildman–Crippen LogP) is 0.595. The van der Waals surface area contributed by atoms with Crippen LogP contribution in [0.5, 0.6) is 0 Å². The lowest BCUT2D eigenvalue weighted by Crippen LogP contribution is -2.26. The molecular formula is C9H15NO2. The van der Waals surface area contributed by atoms with Crippen molar-refractivity contribution in [2.24, 2.45) is 0 Å². The summed E-state index contributed by atoms with van der Waals surface area (Å²) in [5, 5.41) is 11.5. The molecule has 0 spiro atoms. The van der Waals surface area contributed by atoms with Crippen molar-refractivity contribution in [3.63, 3.8) is 0 Å².